The first-order valence-corrected chi connectivity index (χ1v) is 9.99. The van der Waals surface area contributed by atoms with Gasteiger partial charge < -0.3 is 14.6 Å². The van der Waals surface area contributed by atoms with Crippen molar-refractivity contribution in [3.05, 3.63) is 53.8 Å². The number of benzene rings is 1. The quantitative estimate of drug-likeness (QED) is 0.595. The minimum atomic E-state index is -0.109. The summed E-state index contributed by atoms with van der Waals surface area (Å²) in [5.41, 5.74) is 0.546. The van der Waals surface area contributed by atoms with E-state index in [0.29, 0.717) is 23.0 Å². The van der Waals surface area contributed by atoms with Gasteiger partial charge in [0, 0.05) is 32.7 Å². The molecule has 3 heterocycles. The topological polar surface area (TPSA) is 64.7 Å². The van der Waals surface area contributed by atoms with Gasteiger partial charge in [-0.05, 0) is 31.5 Å². The Morgan fingerprint density at radius 3 is 2.68 bits per heavy atom. The van der Waals surface area contributed by atoms with E-state index in [1.165, 1.54) is 6.26 Å². The van der Waals surface area contributed by atoms with Gasteiger partial charge in [0.25, 0.3) is 5.91 Å². The molecule has 0 spiro atoms. The average molecular weight is 402 g/mol. The van der Waals surface area contributed by atoms with Crippen molar-refractivity contribution in [2.45, 2.75) is 12.8 Å². The zero-order chi connectivity index (χ0) is 19.3. The number of piperazine rings is 1. The Kier molecular flexibility index (Phi) is 5.83. The van der Waals surface area contributed by atoms with E-state index < -0.39 is 0 Å². The van der Waals surface area contributed by atoms with Crippen LogP contribution in [0.15, 0.2) is 48.2 Å². The van der Waals surface area contributed by atoms with Crippen molar-refractivity contribution >= 4 is 23.3 Å². The number of nitrogens with zero attached hydrogens (tertiary/aromatic N) is 4. The van der Waals surface area contributed by atoms with Crippen LogP contribution < -0.4 is 9.64 Å². The molecule has 0 atom stereocenters. The summed E-state index contributed by atoms with van der Waals surface area (Å²) in [5, 5.41) is 0.328. The summed E-state index contributed by atoms with van der Waals surface area (Å²) in [4.78, 5) is 26.4. The van der Waals surface area contributed by atoms with Crippen LogP contribution in [0.2, 0.25) is 0 Å². The minimum Gasteiger partial charge on any atom is -0.461 e. The number of hydrogen-bond acceptors (Lipinski definition) is 5. The van der Waals surface area contributed by atoms with Gasteiger partial charge in [0.15, 0.2) is 0 Å². The molecule has 2 aromatic rings. The fourth-order valence-corrected chi connectivity index (χ4v) is 3.82. The maximum Gasteiger partial charge on any atom is 0.262 e. The molecule has 1 amide bonds. The number of hydrogen-bond donors (Lipinski definition) is 1. The zero-order valence-electron chi connectivity index (χ0n) is 15.7. The normalized spacial score (nSPS) is 17.8. The number of fused-ring (bicyclic) bond motifs is 1. The number of aromatic amines is 1. The van der Waals surface area contributed by atoms with Crippen LogP contribution in [0, 0.1) is 0 Å². The van der Waals surface area contributed by atoms with Crippen LogP contribution in [-0.2, 0) is 0 Å². The number of carbonyl (C=O) groups is 1. The monoisotopic (exact) mass is 401 g/mol. The van der Waals surface area contributed by atoms with Crippen molar-refractivity contribution in [2.75, 3.05) is 44.2 Å². The lowest BCUT2D eigenvalue weighted by Gasteiger charge is -2.35. The number of H-pyrrole nitrogens is 1. The second-order valence-electron chi connectivity index (χ2n) is 6.98. The van der Waals surface area contributed by atoms with Crippen LogP contribution in [0.4, 0.5) is 5.82 Å². The number of para-hydroxylation sites is 1. The molecule has 2 aliphatic heterocycles. The van der Waals surface area contributed by atoms with Crippen molar-refractivity contribution in [1.29, 1.82) is 0 Å². The molecule has 7 nitrogen and oxygen atoms in total. The Morgan fingerprint density at radius 2 is 1.89 bits per heavy atom. The van der Waals surface area contributed by atoms with Crippen LogP contribution in [0.1, 0.15) is 23.2 Å². The molecule has 0 aliphatic carbocycles. The number of ether oxygens (including phenoxy) is 1. The molecule has 0 bridgehead atoms. The summed E-state index contributed by atoms with van der Waals surface area (Å²) in [6, 6.07) is 7.23. The Hall–Kier alpha value is -2.51. The maximum atomic E-state index is 12.8. The second-order valence-corrected chi connectivity index (χ2v) is 7.37. The van der Waals surface area contributed by atoms with Crippen molar-refractivity contribution in [1.82, 2.24) is 19.8 Å². The third kappa shape index (κ3) is 4.15. The predicted molar refractivity (Wildman–Crippen MR) is 109 cm³/mol. The molecule has 4 rings (SSSR count). The van der Waals surface area contributed by atoms with E-state index in [1.54, 1.807) is 23.4 Å². The van der Waals surface area contributed by atoms with E-state index in [0.717, 1.165) is 51.4 Å². The lowest BCUT2D eigenvalue weighted by atomic mass is 10.1. The van der Waals surface area contributed by atoms with Crippen LogP contribution >= 0.6 is 11.6 Å². The number of carbonyl (C=O) groups excluding carboxylic acids is 1. The number of amides is 1. The lowest BCUT2D eigenvalue weighted by molar-refractivity contribution is 0.0814. The Morgan fingerprint density at radius 1 is 1.11 bits per heavy atom. The fraction of sp³-hybridized carbons (Fsp3) is 0.400. The molecule has 0 unspecified atom stereocenters. The highest BCUT2D eigenvalue weighted by molar-refractivity contribution is 6.30. The molecule has 1 aromatic carbocycles. The number of nitrogens with one attached hydrogen (secondary N) is 1. The van der Waals surface area contributed by atoms with Gasteiger partial charge in [-0.15, -0.1) is 0 Å². The first kappa shape index (κ1) is 18.8. The highest BCUT2D eigenvalue weighted by Gasteiger charge is 2.25. The molecule has 28 heavy (non-hydrogen) atoms. The zero-order valence-corrected chi connectivity index (χ0v) is 16.4. The first-order valence-electron chi connectivity index (χ1n) is 9.61. The highest BCUT2D eigenvalue weighted by Crippen LogP contribution is 2.27. The van der Waals surface area contributed by atoms with Crippen molar-refractivity contribution in [2.24, 2.45) is 0 Å². The molecule has 1 N–H and O–H groups in total. The van der Waals surface area contributed by atoms with Gasteiger partial charge in [0.05, 0.1) is 18.1 Å². The summed E-state index contributed by atoms with van der Waals surface area (Å²) < 4.78 is 5.53. The van der Waals surface area contributed by atoms with E-state index in [-0.39, 0.29) is 5.91 Å². The Labute approximate surface area is 169 Å². The van der Waals surface area contributed by atoms with Crippen LogP contribution in [0.5, 0.6) is 5.75 Å². The van der Waals surface area contributed by atoms with E-state index in [2.05, 4.69) is 19.8 Å². The smallest absolute Gasteiger partial charge is 0.262 e. The first-order chi connectivity index (χ1) is 13.7. The van der Waals surface area contributed by atoms with Gasteiger partial charge in [-0.25, -0.2) is 4.98 Å². The molecule has 8 heteroatoms. The molecular weight excluding hydrogens is 378 g/mol. The van der Waals surface area contributed by atoms with Crippen molar-refractivity contribution < 1.29 is 9.53 Å². The molecule has 148 valence electrons. The van der Waals surface area contributed by atoms with Gasteiger partial charge in [-0.1, -0.05) is 23.7 Å². The average Bonchev–Trinajstić information content (AvgIpc) is 3.23. The molecule has 2 aliphatic rings. The number of aromatic nitrogens is 2. The lowest BCUT2D eigenvalue weighted by Crippen LogP contribution is -2.46. The fourth-order valence-electron chi connectivity index (χ4n) is 3.61. The van der Waals surface area contributed by atoms with Gasteiger partial charge in [0.1, 0.15) is 23.0 Å². The summed E-state index contributed by atoms with van der Waals surface area (Å²) >= 11 is 6.28. The minimum absolute atomic E-state index is 0.109. The van der Waals surface area contributed by atoms with E-state index >= 15 is 0 Å². The maximum absolute atomic E-state index is 12.8. The van der Waals surface area contributed by atoms with Gasteiger partial charge in [-0.2, -0.15) is 0 Å². The van der Waals surface area contributed by atoms with Crippen LogP contribution in [0.3, 0.4) is 0 Å². The number of unbranched alkanes of at least 4 members (excludes halogenated alkanes) is 1. The van der Waals surface area contributed by atoms with Gasteiger partial charge >= 0.3 is 0 Å². The molecule has 0 saturated carbocycles. The standard InChI is InChI=1S/C20H24ClN5O2/c21-18-14-28-17-6-2-1-5-16(17)20(27)26(18)8-4-3-7-24-9-11-25(12-10-24)19-13-22-15-23-19/h1-2,5-6,13-15H,3-4,7-12H2,(H,22,23). The third-order valence-corrected chi connectivity index (χ3v) is 5.50. The number of imidazole rings is 1. The number of rotatable bonds is 6. The van der Waals surface area contributed by atoms with Crippen LogP contribution in [-0.4, -0.2) is 64.9 Å². The Bertz CT molecular complexity index is 831. The molecule has 1 fully saturated rings. The van der Waals surface area contributed by atoms with E-state index in [9.17, 15) is 4.79 Å². The van der Waals surface area contributed by atoms with E-state index in [4.69, 9.17) is 16.3 Å². The van der Waals surface area contributed by atoms with Crippen LogP contribution in [0.25, 0.3) is 0 Å². The molecule has 0 radical (unpaired) electrons. The van der Waals surface area contributed by atoms with Crippen molar-refractivity contribution in [3.63, 3.8) is 0 Å². The number of anilines is 1. The number of halogens is 1. The third-order valence-electron chi connectivity index (χ3n) is 5.21. The SMILES string of the molecule is O=C1c2ccccc2OC=C(Cl)N1CCCCN1CCN(c2cnc[nH]2)CC1. The van der Waals surface area contributed by atoms with Gasteiger partial charge in [0.2, 0.25) is 0 Å². The predicted octanol–water partition coefficient (Wildman–Crippen LogP) is 2.88. The van der Waals surface area contributed by atoms with Gasteiger partial charge in [-0.3, -0.25) is 14.6 Å². The summed E-state index contributed by atoms with van der Waals surface area (Å²) in [6.45, 7) is 5.66. The summed E-state index contributed by atoms with van der Waals surface area (Å²) in [6.07, 6.45) is 6.93. The molecule has 1 saturated heterocycles. The second kappa shape index (κ2) is 8.67. The summed E-state index contributed by atoms with van der Waals surface area (Å²) in [7, 11) is 0. The van der Waals surface area contributed by atoms with Crippen molar-refractivity contribution in [3.8, 4) is 5.75 Å². The van der Waals surface area contributed by atoms with E-state index in [1.807, 2.05) is 18.3 Å². The molecule has 1 aromatic heterocycles. The highest BCUT2D eigenvalue weighted by atomic mass is 35.5. The molecular formula is C20H24ClN5O2. The summed E-state index contributed by atoms with van der Waals surface area (Å²) in [5.74, 6) is 1.52. The Balaban J connectivity index is 1.24. The largest absolute Gasteiger partial charge is 0.461 e.